The van der Waals surface area contributed by atoms with E-state index in [1.807, 2.05) is 12.1 Å². The van der Waals surface area contributed by atoms with Gasteiger partial charge in [-0.2, -0.15) is 0 Å². The minimum absolute atomic E-state index is 0.153. The first-order chi connectivity index (χ1) is 9.32. The van der Waals surface area contributed by atoms with Gasteiger partial charge in [-0.15, -0.1) is 0 Å². The second kappa shape index (κ2) is 7.40. The Kier molecular flexibility index (Phi) is 6.16. The molecule has 1 aromatic rings. The van der Waals surface area contributed by atoms with Gasteiger partial charge < -0.3 is 21.7 Å². The van der Waals surface area contributed by atoms with Crippen molar-refractivity contribution in [1.82, 2.24) is 10.3 Å². The Hall–Kier alpha value is -1.40. The van der Waals surface area contributed by atoms with Crippen LogP contribution in [0.5, 0.6) is 0 Å². The monoisotopic (exact) mass is 295 g/mol. The maximum absolute atomic E-state index is 5.43. The normalized spacial score (nSPS) is 12.7. The molecule has 0 aliphatic rings. The quantitative estimate of drug-likeness (QED) is 0.624. The Balaban J connectivity index is 2.50. The summed E-state index contributed by atoms with van der Waals surface area (Å²) in [6.45, 7) is 9.93. The molecule has 0 radical (unpaired) electrons. The van der Waals surface area contributed by atoms with E-state index in [2.05, 4.69) is 48.6 Å². The molecule has 0 aliphatic heterocycles. The largest absolute Gasteiger partial charge is 0.369 e. The number of nitrogens with two attached hydrogens (primary N) is 1. The van der Waals surface area contributed by atoms with Gasteiger partial charge in [0.15, 0.2) is 5.11 Å². The van der Waals surface area contributed by atoms with Crippen molar-refractivity contribution in [1.29, 1.82) is 0 Å². The van der Waals surface area contributed by atoms with E-state index in [0.717, 1.165) is 11.5 Å². The Morgan fingerprint density at radius 1 is 1.40 bits per heavy atom. The fourth-order valence-corrected chi connectivity index (χ4v) is 1.65. The number of hydrogen-bond donors (Lipinski definition) is 4. The first-order valence-corrected chi connectivity index (χ1v) is 7.21. The van der Waals surface area contributed by atoms with Crippen molar-refractivity contribution in [2.75, 3.05) is 23.7 Å². The Bertz CT molecular complexity index is 424. The number of thiocarbonyl (C=S) groups is 1. The van der Waals surface area contributed by atoms with Crippen molar-refractivity contribution in [3.05, 3.63) is 18.3 Å². The average Bonchev–Trinajstić information content (AvgIpc) is 2.36. The van der Waals surface area contributed by atoms with Crippen LogP contribution in [0.3, 0.4) is 0 Å². The van der Waals surface area contributed by atoms with Gasteiger partial charge >= 0.3 is 0 Å². The molecule has 5 N–H and O–H groups in total. The van der Waals surface area contributed by atoms with Gasteiger partial charge in [-0.05, 0) is 36.7 Å². The third-order valence-electron chi connectivity index (χ3n) is 3.12. The zero-order valence-corrected chi connectivity index (χ0v) is 13.5. The molecule has 1 aromatic heterocycles. The van der Waals surface area contributed by atoms with Crippen LogP contribution in [-0.2, 0) is 0 Å². The number of nitrogens with one attached hydrogen (secondary N) is 3. The third kappa shape index (κ3) is 5.71. The first kappa shape index (κ1) is 16.7. The standard InChI is InChI=1S/C14H25N5S/c1-10(14(2,3)4)18-13(20)19-11-5-6-12(17-9-11)16-8-7-15/h5-6,9-10H,7-8,15H2,1-4H3,(H,16,17)(H2,18,19,20). The second-order valence-electron chi connectivity index (χ2n) is 5.83. The molecule has 0 spiro atoms. The molecule has 1 rings (SSSR count). The second-order valence-corrected chi connectivity index (χ2v) is 6.24. The summed E-state index contributed by atoms with van der Waals surface area (Å²) >= 11 is 5.30. The smallest absolute Gasteiger partial charge is 0.171 e. The lowest BCUT2D eigenvalue weighted by molar-refractivity contribution is 0.317. The molecule has 0 bridgehead atoms. The van der Waals surface area contributed by atoms with Gasteiger partial charge in [0.05, 0.1) is 11.9 Å². The van der Waals surface area contributed by atoms with Crippen molar-refractivity contribution in [2.45, 2.75) is 33.7 Å². The topological polar surface area (TPSA) is 75.0 Å². The molecule has 0 aliphatic carbocycles. The highest BCUT2D eigenvalue weighted by Gasteiger charge is 2.20. The molecule has 0 saturated carbocycles. The fourth-order valence-electron chi connectivity index (χ4n) is 1.35. The van der Waals surface area contributed by atoms with E-state index in [1.54, 1.807) is 6.20 Å². The van der Waals surface area contributed by atoms with Gasteiger partial charge in [0.1, 0.15) is 5.82 Å². The number of hydrogen-bond acceptors (Lipinski definition) is 4. The average molecular weight is 295 g/mol. The van der Waals surface area contributed by atoms with E-state index in [4.69, 9.17) is 18.0 Å². The van der Waals surface area contributed by atoms with Crippen molar-refractivity contribution in [3.8, 4) is 0 Å². The van der Waals surface area contributed by atoms with E-state index in [1.165, 1.54) is 0 Å². The molecule has 0 saturated heterocycles. The van der Waals surface area contributed by atoms with Crippen LogP contribution >= 0.6 is 12.2 Å². The summed E-state index contributed by atoms with van der Waals surface area (Å²) in [5.74, 6) is 0.808. The van der Waals surface area contributed by atoms with Gasteiger partial charge in [0.2, 0.25) is 0 Å². The molecule has 1 heterocycles. The Morgan fingerprint density at radius 3 is 2.60 bits per heavy atom. The summed E-state index contributed by atoms with van der Waals surface area (Å²) in [6, 6.07) is 4.11. The van der Waals surface area contributed by atoms with E-state index >= 15 is 0 Å². The summed E-state index contributed by atoms with van der Waals surface area (Å²) in [6.07, 6.45) is 1.74. The molecule has 0 amide bonds. The predicted molar refractivity (Wildman–Crippen MR) is 90.1 cm³/mol. The summed E-state index contributed by atoms with van der Waals surface area (Å²) < 4.78 is 0. The molecule has 0 aromatic carbocycles. The minimum atomic E-state index is 0.153. The van der Waals surface area contributed by atoms with E-state index < -0.39 is 0 Å². The fraction of sp³-hybridized carbons (Fsp3) is 0.571. The van der Waals surface area contributed by atoms with Crippen LogP contribution in [0.25, 0.3) is 0 Å². The van der Waals surface area contributed by atoms with Crippen LogP contribution in [0, 0.1) is 5.41 Å². The van der Waals surface area contributed by atoms with Crippen molar-refractivity contribution in [3.63, 3.8) is 0 Å². The first-order valence-electron chi connectivity index (χ1n) is 6.80. The summed E-state index contributed by atoms with van der Waals surface area (Å²) in [4.78, 5) is 4.28. The number of pyridine rings is 1. The number of aromatic nitrogens is 1. The summed E-state index contributed by atoms with van der Waals surface area (Å²) in [5.41, 5.74) is 6.44. The van der Waals surface area contributed by atoms with Gasteiger partial charge in [0, 0.05) is 19.1 Å². The summed E-state index contributed by atoms with van der Waals surface area (Å²) in [7, 11) is 0. The molecule has 0 fully saturated rings. The molecular formula is C14H25N5S. The van der Waals surface area contributed by atoms with Gasteiger partial charge in [-0.25, -0.2) is 4.98 Å². The Morgan fingerprint density at radius 2 is 2.10 bits per heavy atom. The van der Waals surface area contributed by atoms with Crippen molar-refractivity contribution < 1.29 is 0 Å². The zero-order chi connectivity index (χ0) is 15.2. The van der Waals surface area contributed by atoms with Gasteiger partial charge in [0.25, 0.3) is 0 Å². The van der Waals surface area contributed by atoms with Crippen LogP contribution in [-0.4, -0.2) is 29.2 Å². The van der Waals surface area contributed by atoms with E-state index in [-0.39, 0.29) is 11.5 Å². The molecule has 5 nitrogen and oxygen atoms in total. The molecule has 6 heteroatoms. The maximum atomic E-state index is 5.43. The maximum Gasteiger partial charge on any atom is 0.171 e. The van der Waals surface area contributed by atoms with Crippen molar-refractivity contribution >= 4 is 28.8 Å². The predicted octanol–water partition coefficient (Wildman–Crippen LogP) is 2.17. The minimum Gasteiger partial charge on any atom is -0.369 e. The molecule has 1 atom stereocenters. The number of rotatable bonds is 5. The van der Waals surface area contributed by atoms with E-state index in [0.29, 0.717) is 18.2 Å². The molecular weight excluding hydrogens is 270 g/mol. The van der Waals surface area contributed by atoms with Crippen LogP contribution in [0.4, 0.5) is 11.5 Å². The number of nitrogens with zero attached hydrogens (tertiary/aromatic N) is 1. The SMILES string of the molecule is CC(NC(=S)Nc1ccc(NCCN)nc1)C(C)(C)C. The lowest BCUT2D eigenvalue weighted by atomic mass is 9.88. The molecule has 20 heavy (non-hydrogen) atoms. The lowest BCUT2D eigenvalue weighted by Crippen LogP contribution is -2.43. The lowest BCUT2D eigenvalue weighted by Gasteiger charge is -2.29. The summed E-state index contributed by atoms with van der Waals surface area (Å²) in [5, 5.41) is 10.1. The van der Waals surface area contributed by atoms with Crippen LogP contribution in [0.15, 0.2) is 18.3 Å². The molecule has 112 valence electrons. The van der Waals surface area contributed by atoms with Crippen LogP contribution in [0.1, 0.15) is 27.7 Å². The van der Waals surface area contributed by atoms with Crippen LogP contribution in [0.2, 0.25) is 0 Å². The highest BCUT2D eigenvalue weighted by molar-refractivity contribution is 7.80. The Labute approximate surface area is 126 Å². The molecule has 1 unspecified atom stereocenters. The zero-order valence-electron chi connectivity index (χ0n) is 12.7. The van der Waals surface area contributed by atoms with Gasteiger partial charge in [-0.3, -0.25) is 0 Å². The third-order valence-corrected chi connectivity index (χ3v) is 3.34. The number of anilines is 2. The van der Waals surface area contributed by atoms with Gasteiger partial charge in [-0.1, -0.05) is 20.8 Å². The van der Waals surface area contributed by atoms with Crippen LogP contribution < -0.4 is 21.7 Å². The highest BCUT2D eigenvalue weighted by atomic mass is 32.1. The van der Waals surface area contributed by atoms with Crippen molar-refractivity contribution in [2.24, 2.45) is 11.1 Å². The highest BCUT2D eigenvalue weighted by Crippen LogP contribution is 2.18. The van der Waals surface area contributed by atoms with E-state index in [9.17, 15) is 0 Å².